The minimum Gasteiger partial charge on any atom is -0.498 e. The van der Waals surface area contributed by atoms with Gasteiger partial charge in [0, 0.05) is 37.9 Å². The fourth-order valence-corrected chi connectivity index (χ4v) is 5.43. The van der Waals surface area contributed by atoms with Gasteiger partial charge in [0.05, 0.1) is 15.3 Å². The summed E-state index contributed by atoms with van der Waals surface area (Å²) in [6.45, 7) is 8.65. The Morgan fingerprint density at radius 3 is 2.33 bits per heavy atom. The molecule has 0 N–H and O–H groups in total. The molecule has 3 aromatic carbocycles. The van der Waals surface area contributed by atoms with Crippen molar-refractivity contribution in [3.05, 3.63) is 114 Å². The molecule has 0 aliphatic rings. The molecule has 0 fully saturated rings. The van der Waals surface area contributed by atoms with Crippen molar-refractivity contribution in [1.29, 1.82) is 0 Å². The van der Waals surface area contributed by atoms with E-state index in [1.54, 1.807) is 17.5 Å². The minimum atomic E-state index is 0. The molecule has 0 aliphatic heterocycles. The first-order valence-electron chi connectivity index (χ1n) is 12.9. The van der Waals surface area contributed by atoms with Crippen molar-refractivity contribution < 1.29 is 24.5 Å². The van der Waals surface area contributed by atoms with Crippen LogP contribution in [0.15, 0.2) is 95.7 Å². The van der Waals surface area contributed by atoms with Crippen LogP contribution < -0.4 is 0 Å². The molecule has 0 amide bonds. The van der Waals surface area contributed by atoms with E-state index in [2.05, 4.69) is 78.2 Å². The third-order valence-corrected chi connectivity index (χ3v) is 7.53. The van der Waals surface area contributed by atoms with Crippen molar-refractivity contribution in [2.45, 2.75) is 33.1 Å². The van der Waals surface area contributed by atoms with Gasteiger partial charge in [0.2, 0.25) is 0 Å². The van der Waals surface area contributed by atoms with Crippen LogP contribution in [0.25, 0.3) is 54.7 Å². The average Bonchev–Trinajstić information content (AvgIpc) is 3.54. The van der Waals surface area contributed by atoms with Crippen LogP contribution in [-0.2, 0) is 25.5 Å². The van der Waals surface area contributed by atoms with E-state index >= 15 is 0 Å². The number of hydrogen-bond acceptors (Lipinski definition) is 5. The van der Waals surface area contributed by atoms with Crippen molar-refractivity contribution in [2.75, 3.05) is 0 Å². The Labute approximate surface area is 251 Å². The summed E-state index contributed by atoms with van der Waals surface area (Å²) >= 11 is 1.69. The Balaban J connectivity index is 0.000000209. The van der Waals surface area contributed by atoms with Crippen molar-refractivity contribution >= 4 is 43.5 Å². The molecule has 0 saturated carbocycles. The molecule has 0 atom stereocenters. The molecule has 201 valence electrons. The van der Waals surface area contributed by atoms with E-state index in [0.717, 1.165) is 59.7 Å². The number of thiazole rings is 1. The normalized spacial score (nSPS) is 11.3. The van der Waals surface area contributed by atoms with Gasteiger partial charge in [-0.15, -0.1) is 65.4 Å². The van der Waals surface area contributed by atoms with E-state index in [1.807, 2.05) is 61.7 Å². The average molecular weight is 718 g/mol. The molecular weight excluding hydrogens is 691 g/mol. The van der Waals surface area contributed by atoms with Crippen LogP contribution >= 0.6 is 11.3 Å². The van der Waals surface area contributed by atoms with E-state index in [9.17, 15) is 0 Å². The molecule has 6 heteroatoms. The monoisotopic (exact) mass is 718 g/mol. The van der Waals surface area contributed by atoms with E-state index in [-0.39, 0.29) is 25.5 Å². The van der Waals surface area contributed by atoms with Gasteiger partial charge in [0.15, 0.2) is 0 Å². The molecule has 40 heavy (non-hydrogen) atoms. The Bertz CT molecular complexity index is 1870. The Hall–Kier alpha value is -3.70. The summed E-state index contributed by atoms with van der Waals surface area (Å²) in [6, 6.07) is 32.6. The van der Waals surface area contributed by atoms with Crippen LogP contribution in [0.4, 0.5) is 0 Å². The largest absolute Gasteiger partial charge is 0.498 e. The Kier molecular flexibility index (Phi) is 7.95. The SMILES string of the molecule is Cc1nc2c(ccc3c4cc[c-]c(-c5cc(C(C)(C)C)ccn5)c4oc32)s1.[Ir].[c-]1ccccc1-c1ccccn1. The van der Waals surface area contributed by atoms with E-state index < -0.39 is 0 Å². The molecule has 0 aliphatic carbocycles. The summed E-state index contributed by atoms with van der Waals surface area (Å²) in [5, 5.41) is 3.21. The van der Waals surface area contributed by atoms with Crippen LogP contribution in [0.3, 0.4) is 0 Å². The van der Waals surface area contributed by atoms with Gasteiger partial charge in [-0.2, -0.15) is 0 Å². The second-order valence-corrected chi connectivity index (χ2v) is 11.6. The smallest absolute Gasteiger partial charge is 0.148 e. The number of rotatable bonds is 2. The number of furan rings is 1. The minimum absolute atomic E-state index is 0. The summed E-state index contributed by atoms with van der Waals surface area (Å²) in [4.78, 5) is 13.5. The second-order valence-electron chi connectivity index (χ2n) is 10.4. The summed E-state index contributed by atoms with van der Waals surface area (Å²) in [5.41, 5.74) is 7.71. The van der Waals surface area contributed by atoms with E-state index in [4.69, 9.17) is 4.42 Å². The number of pyridine rings is 2. The van der Waals surface area contributed by atoms with Gasteiger partial charge in [0.25, 0.3) is 0 Å². The number of aromatic nitrogens is 3. The molecule has 1 radical (unpaired) electrons. The van der Waals surface area contributed by atoms with Gasteiger partial charge in [-0.25, -0.2) is 4.98 Å². The fraction of sp³-hybridized carbons (Fsp3) is 0.147. The Morgan fingerprint density at radius 2 is 1.57 bits per heavy atom. The number of aryl methyl sites for hydroxylation is 1. The maximum absolute atomic E-state index is 6.36. The molecule has 0 bridgehead atoms. The van der Waals surface area contributed by atoms with Crippen LogP contribution in [0, 0.1) is 19.1 Å². The number of hydrogen-bond donors (Lipinski definition) is 0. The van der Waals surface area contributed by atoms with Crippen molar-refractivity contribution in [2.24, 2.45) is 0 Å². The zero-order chi connectivity index (χ0) is 27.0. The first kappa shape index (κ1) is 27.9. The molecule has 7 rings (SSSR count). The summed E-state index contributed by atoms with van der Waals surface area (Å²) < 4.78 is 7.51. The molecule has 0 saturated heterocycles. The maximum Gasteiger partial charge on any atom is 0.148 e. The van der Waals surface area contributed by atoms with Crippen molar-refractivity contribution in [1.82, 2.24) is 15.0 Å². The third kappa shape index (κ3) is 5.48. The van der Waals surface area contributed by atoms with Gasteiger partial charge < -0.3 is 14.4 Å². The Morgan fingerprint density at radius 1 is 0.775 bits per heavy atom. The molecule has 7 aromatic rings. The third-order valence-electron chi connectivity index (χ3n) is 6.60. The van der Waals surface area contributed by atoms with Crippen LogP contribution in [0.5, 0.6) is 0 Å². The molecule has 0 unspecified atom stereocenters. The van der Waals surface area contributed by atoms with Gasteiger partial charge in [-0.05, 0) is 47.5 Å². The molecule has 4 heterocycles. The number of benzene rings is 3. The molecule has 4 nitrogen and oxygen atoms in total. The first-order valence-corrected chi connectivity index (χ1v) is 13.7. The van der Waals surface area contributed by atoms with Crippen LogP contribution in [-0.4, -0.2) is 15.0 Å². The molecule has 0 spiro atoms. The number of nitrogens with zero attached hydrogens (tertiary/aromatic N) is 3. The van der Waals surface area contributed by atoms with E-state index in [0.29, 0.717) is 0 Å². The summed E-state index contributed by atoms with van der Waals surface area (Å²) in [7, 11) is 0. The number of fused-ring (bicyclic) bond motifs is 5. The maximum atomic E-state index is 6.36. The van der Waals surface area contributed by atoms with Gasteiger partial charge in [-0.1, -0.05) is 56.0 Å². The van der Waals surface area contributed by atoms with Crippen molar-refractivity contribution in [3.8, 4) is 22.5 Å². The molecular formula is C34H27IrN3OS-2. The van der Waals surface area contributed by atoms with E-state index in [1.165, 1.54) is 5.56 Å². The summed E-state index contributed by atoms with van der Waals surface area (Å²) in [6.07, 6.45) is 3.66. The van der Waals surface area contributed by atoms with Gasteiger partial charge >= 0.3 is 0 Å². The second kappa shape index (κ2) is 11.4. The quantitative estimate of drug-likeness (QED) is 0.168. The van der Waals surface area contributed by atoms with Crippen LogP contribution in [0.2, 0.25) is 0 Å². The van der Waals surface area contributed by atoms with Gasteiger partial charge in [0.1, 0.15) is 11.1 Å². The zero-order valence-electron chi connectivity index (χ0n) is 22.7. The predicted octanol–water partition coefficient (Wildman–Crippen LogP) is 9.21. The standard InChI is InChI=1S/C23H19N2OS.C11H8N.Ir/c1-13-25-20-19(27-13)9-8-16-15-6-5-7-17(21(15)26-22(16)20)18-12-14(10-11-24-18)23(2,3)4;1-2-6-10(7-3-1)11-8-4-5-9-12-11;/h5-6,8-12H,1-4H3;1-6,8-9H;/q2*-1;. The zero-order valence-corrected chi connectivity index (χ0v) is 25.9. The van der Waals surface area contributed by atoms with Crippen LogP contribution in [0.1, 0.15) is 31.3 Å². The predicted molar refractivity (Wildman–Crippen MR) is 161 cm³/mol. The first-order chi connectivity index (χ1) is 18.9. The topological polar surface area (TPSA) is 51.8 Å². The summed E-state index contributed by atoms with van der Waals surface area (Å²) in [5.74, 6) is 0. The van der Waals surface area contributed by atoms with Crippen molar-refractivity contribution in [3.63, 3.8) is 0 Å². The fourth-order valence-electron chi connectivity index (χ4n) is 4.60. The molecule has 4 aromatic heterocycles. The van der Waals surface area contributed by atoms with Gasteiger partial charge in [-0.3, -0.25) is 0 Å².